The topological polar surface area (TPSA) is 86.8 Å². The first-order valence-corrected chi connectivity index (χ1v) is 11.6. The second kappa shape index (κ2) is 10.2. The highest BCUT2D eigenvalue weighted by atomic mass is 32.2. The largest absolute Gasteiger partial charge is 0.357 e. The van der Waals surface area contributed by atoms with E-state index in [1.165, 1.54) is 11.9 Å². The van der Waals surface area contributed by atoms with E-state index >= 15 is 0 Å². The van der Waals surface area contributed by atoms with E-state index in [-0.39, 0.29) is 19.0 Å². The number of hydrogen-bond donors (Lipinski definition) is 1. The Morgan fingerprint density at radius 3 is 2.13 bits per heavy atom. The highest BCUT2D eigenvalue weighted by Crippen LogP contribution is 2.20. The van der Waals surface area contributed by atoms with Crippen LogP contribution in [0.3, 0.4) is 0 Å². The van der Waals surface area contributed by atoms with Crippen molar-refractivity contribution in [2.45, 2.75) is 32.9 Å². The second-order valence-electron chi connectivity index (χ2n) is 7.15. The van der Waals surface area contributed by atoms with Crippen molar-refractivity contribution in [3.05, 3.63) is 65.7 Å². The van der Waals surface area contributed by atoms with Crippen LogP contribution in [-0.4, -0.2) is 51.0 Å². The van der Waals surface area contributed by atoms with Gasteiger partial charge in [-0.05, 0) is 31.0 Å². The molecule has 30 heavy (non-hydrogen) atoms. The molecular formula is C22H29N3O4S. The van der Waals surface area contributed by atoms with Crippen LogP contribution >= 0.6 is 0 Å². The van der Waals surface area contributed by atoms with E-state index in [0.717, 1.165) is 21.7 Å². The number of amides is 2. The average Bonchev–Trinajstić information content (AvgIpc) is 2.72. The molecule has 7 nitrogen and oxygen atoms in total. The molecule has 2 rings (SSSR count). The lowest BCUT2D eigenvalue weighted by Gasteiger charge is -2.32. The summed E-state index contributed by atoms with van der Waals surface area (Å²) >= 11 is 0. The van der Waals surface area contributed by atoms with E-state index in [9.17, 15) is 18.0 Å². The minimum absolute atomic E-state index is 0.205. The summed E-state index contributed by atoms with van der Waals surface area (Å²) in [6, 6.07) is 15.5. The zero-order valence-electron chi connectivity index (χ0n) is 17.8. The molecule has 0 fully saturated rings. The summed E-state index contributed by atoms with van der Waals surface area (Å²) in [6.45, 7) is 3.54. The van der Waals surface area contributed by atoms with Gasteiger partial charge < -0.3 is 10.2 Å². The van der Waals surface area contributed by atoms with Crippen molar-refractivity contribution in [3.8, 4) is 0 Å². The van der Waals surface area contributed by atoms with Crippen LogP contribution in [0.15, 0.2) is 54.6 Å². The molecule has 0 bridgehead atoms. The summed E-state index contributed by atoms with van der Waals surface area (Å²) in [6.07, 6.45) is 1.47. The van der Waals surface area contributed by atoms with Crippen molar-refractivity contribution in [1.29, 1.82) is 0 Å². The number of rotatable bonds is 9. The fraction of sp³-hybridized carbons (Fsp3) is 0.364. The molecule has 8 heteroatoms. The third-order valence-electron chi connectivity index (χ3n) is 4.83. The Bertz CT molecular complexity index is 960. The second-order valence-corrected chi connectivity index (χ2v) is 9.06. The van der Waals surface area contributed by atoms with E-state index < -0.39 is 22.0 Å². The molecule has 0 saturated carbocycles. The van der Waals surface area contributed by atoms with E-state index in [1.54, 1.807) is 24.3 Å². The highest BCUT2D eigenvalue weighted by Gasteiger charge is 2.31. The highest BCUT2D eigenvalue weighted by molar-refractivity contribution is 7.92. The van der Waals surface area contributed by atoms with Crippen LogP contribution in [0, 0.1) is 6.92 Å². The van der Waals surface area contributed by atoms with Crippen LogP contribution in [0.25, 0.3) is 0 Å². The quantitative estimate of drug-likeness (QED) is 0.660. The normalized spacial score (nSPS) is 12.1. The molecule has 0 aliphatic heterocycles. The van der Waals surface area contributed by atoms with Gasteiger partial charge in [0.15, 0.2) is 0 Å². The Morgan fingerprint density at radius 1 is 1.03 bits per heavy atom. The number of likely N-dealkylation sites (N-methyl/N-ethyl adjacent to an activating group) is 1. The number of carbonyl (C=O) groups excluding carboxylic acids is 2. The number of carbonyl (C=O) groups is 2. The summed E-state index contributed by atoms with van der Waals surface area (Å²) in [5.41, 5.74) is 2.24. The molecule has 0 unspecified atom stereocenters. The van der Waals surface area contributed by atoms with Gasteiger partial charge in [0.25, 0.3) is 0 Å². The number of hydrogen-bond acceptors (Lipinski definition) is 4. The molecule has 1 atom stereocenters. The molecule has 0 aliphatic carbocycles. The van der Waals surface area contributed by atoms with E-state index in [1.807, 2.05) is 44.2 Å². The summed E-state index contributed by atoms with van der Waals surface area (Å²) in [5.74, 6) is -0.733. The molecule has 0 saturated heterocycles. The van der Waals surface area contributed by atoms with Crippen molar-refractivity contribution >= 4 is 27.5 Å². The molecule has 2 amide bonds. The molecular weight excluding hydrogens is 402 g/mol. The Morgan fingerprint density at radius 2 is 1.63 bits per heavy atom. The zero-order chi connectivity index (χ0) is 22.3. The first-order chi connectivity index (χ1) is 14.2. The van der Waals surface area contributed by atoms with Crippen molar-refractivity contribution in [1.82, 2.24) is 10.2 Å². The predicted octanol–water partition coefficient (Wildman–Crippen LogP) is 2.31. The number of anilines is 1. The SMILES string of the molecule is CC[C@@H](C(=O)NC)N(Cc1ccccc1)C(=O)CN(c1ccc(C)cc1)S(C)(=O)=O. The molecule has 0 heterocycles. The average molecular weight is 432 g/mol. The fourth-order valence-electron chi connectivity index (χ4n) is 3.19. The Hall–Kier alpha value is -2.87. The van der Waals surface area contributed by atoms with Crippen LogP contribution in [0.2, 0.25) is 0 Å². The summed E-state index contributed by atoms with van der Waals surface area (Å²) < 4.78 is 25.9. The van der Waals surface area contributed by atoms with E-state index in [0.29, 0.717) is 12.1 Å². The van der Waals surface area contributed by atoms with Gasteiger partial charge >= 0.3 is 0 Å². The lowest BCUT2D eigenvalue weighted by Crippen LogP contribution is -2.51. The van der Waals surface area contributed by atoms with E-state index in [4.69, 9.17) is 0 Å². The maximum absolute atomic E-state index is 13.3. The Labute approximate surface area is 178 Å². The van der Waals surface area contributed by atoms with Crippen LogP contribution in [-0.2, 0) is 26.2 Å². The minimum Gasteiger partial charge on any atom is -0.357 e. The van der Waals surface area contributed by atoms with Gasteiger partial charge in [0.05, 0.1) is 11.9 Å². The van der Waals surface area contributed by atoms with Crippen molar-refractivity contribution in [2.75, 3.05) is 24.2 Å². The van der Waals surface area contributed by atoms with E-state index in [2.05, 4.69) is 5.32 Å². The maximum atomic E-state index is 13.3. The maximum Gasteiger partial charge on any atom is 0.244 e. The molecule has 1 N–H and O–H groups in total. The molecule has 2 aromatic carbocycles. The van der Waals surface area contributed by atoms with Gasteiger partial charge in [-0.15, -0.1) is 0 Å². The lowest BCUT2D eigenvalue weighted by molar-refractivity contribution is -0.140. The molecule has 0 aliphatic rings. The predicted molar refractivity (Wildman–Crippen MR) is 119 cm³/mol. The van der Waals surface area contributed by atoms with Crippen molar-refractivity contribution in [3.63, 3.8) is 0 Å². The van der Waals surface area contributed by atoms with Gasteiger partial charge in [-0.2, -0.15) is 0 Å². The smallest absolute Gasteiger partial charge is 0.244 e. The third kappa shape index (κ3) is 6.06. The zero-order valence-corrected chi connectivity index (χ0v) is 18.6. The minimum atomic E-state index is -3.71. The Balaban J connectivity index is 2.39. The van der Waals surface area contributed by atoms with Gasteiger partial charge in [0.2, 0.25) is 21.8 Å². The third-order valence-corrected chi connectivity index (χ3v) is 5.97. The Kier molecular flexibility index (Phi) is 8.00. The number of benzene rings is 2. The molecule has 162 valence electrons. The monoisotopic (exact) mass is 431 g/mol. The van der Waals surface area contributed by atoms with Gasteiger partial charge in [-0.1, -0.05) is 55.0 Å². The number of sulfonamides is 1. The molecule has 2 aromatic rings. The van der Waals surface area contributed by atoms with Gasteiger partial charge in [-0.3, -0.25) is 13.9 Å². The molecule has 0 spiro atoms. The first-order valence-electron chi connectivity index (χ1n) is 9.76. The lowest BCUT2D eigenvalue weighted by atomic mass is 10.1. The van der Waals surface area contributed by atoms with Crippen LogP contribution in [0.5, 0.6) is 0 Å². The van der Waals surface area contributed by atoms with Crippen LogP contribution in [0.4, 0.5) is 5.69 Å². The summed E-state index contributed by atoms with van der Waals surface area (Å²) in [4.78, 5) is 27.2. The standard InChI is InChI=1S/C22H29N3O4S/c1-5-20(22(27)23-3)24(15-18-9-7-6-8-10-18)21(26)16-25(30(4,28)29)19-13-11-17(2)12-14-19/h6-14,20H,5,15-16H2,1-4H3,(H,23,27)/t20-/m0/s1. The van der Waals surface area contributed by atoms with Gasteiger partial charge in [0, 0.05) is 13.6 Å². The van der Waals surface area contributed by atoms with Crippen LogP contribution in [0.1, 0.15) is 24.5 Å². The molecule has 0 radical (unpaired) electrons. The number of nitrogens with one attached hydrogen (secondary N) is 1. The number of nitrogens with zero attached hydrogens (tertiary/aromatic N) is 2. The number of aryl methyl sites for hydroxylation is 1. The summed E-state index contributed by atoms with van der Waals surface area (Å²) in [5, 5.41) is 2.59. The summed E-state index contributed by atoms with van der Waals surface area (Å²) in [7, 11) is -2.19. The van der Waals surface area contributed by atoms with Gasteiger partial charge in [0.1, 0.15) is 12.6 Å². The van der Waals surface area contributed by atoms with Crippen molar-refractivity contribution < 1.29 is 18.0 Å². The van der Waals surface area contributed by atoms with Crippen molar-refractivity contribution in [2.24, 2.45) is 0 Å². The first kappa shape index (κ1) is 23.4. The van der Waals surface area contributed by atoms with Crippen LogP contribution < -0.4 is 9.62 Å². The fourth-order valence-corrected chi connectivity index (χ4v) is 4.04. The van der Waals surface area contributed by atoms with Gasteiger partial charge in [-0.25, -0.2) is 8.42 Å². The molecule has 0 aromatic heterocycles.